The molecule has 4 nitrogen and oxygen atoms in total. The van der Waals surface area contributed by atoms with Gasteiger partial charge in [-0.1, -0.05) is 39.5 Å². The molecule has 0 radical (unpaired) electrons. The molecule has 0 saturated carbocycles. The lowest BCUT2D eigenvalue weighted by Crippen LogP contribution is -2.15. The first-order valence-electron chi connectivity index (χ1n) is 7.15. The minimum atomic E-state index is -0.125. The number of unbranched alkanes of at least 4 members (excludes halogenated alkanes) is 3. The van der Waals surface area contributed by atoms with E-state index >= 15 is 0 Å². The Hall–Kier alpha value is -1.06. The average Bonchev–Trinajstić information content (AvgIpc) is 2.40. The molecule has 0 spiro atoms. The van der Waals surface area contributed by atoms with Gasteiger partial charge in [0.15, 0.2) is 0 Å². The summed E-state index contributed by atoms with van der Waals surface area (Å²) in [7, 11) is 2.86. The van der Waals surface area contributed by atoms with Crippen LogP contribution in [-0.2, 0) is 19.1 Å². The van der Waals surface area contributed by atoms with Crippen LogP contribution in [0.5, 0.6) is 0 Å². The summed E-state index contributed by atoms with van der Waals surface area (Å²) >= 11 is 0. The van der Waals surface area contributed by atoms with Crippen molar-refractivity contribution in [2.45, 2.75) is 58.8 Å². The van der Waals surface area contributed by atoms with Gasteiger partial charge in [-0.3, -0.25) is 9.59 Å². The van der Waals surface area contributed by atoms with Crippen LogP contribution in [0.2, 0.25) is 0 Å². The molecule has 19 heavy (non-hydrogen) atoms. The van der Waals surface area contributed by atoms with Crippen molar-refractivity contribution in [3.8, 4) is 0 Å². The smallest absolute Gasteiger partial charge is 0.308 e. The van der Waals surface area contributed by atoms with Gasteiger partial charge in [-0.05, 0) is 18.8 Å². The fraction of sp³-hybridized carbons (Fsp3) is 0.867. The van der Waals surface area contributed by atoms with Crippen LogP contribution in [0.15, 0.2) is 0 Å². The minimum Gasteiger partial charge on any atom is -0.469 e. The zero-order valence-corrected chi connectivity index (χ0v) is 12.7. The van der Waals surface area contributed by atoms with Crippen molar-refractivity contribution in [3.05, 3.63) is 0 Å². The molecule has 0 amide bonds. The van der Waals surface area contributed by atoms with Crippen LogP contribution in [-0.4, -0.2) is 26.2 Å². The number of methoxy groups -OCH3 is 2. The predicted octanol–water partition coefficient (Wildman–Crippen LogP) is 3.34. The summed E-state index contributed by atoms with van der Waals surface area (Å²) in [6.45, 7) is 4.09. The van der Waals surface area contributed by atoms with E-state index in [0.717, 1.165) is 38.5 Å². The minimum absolute atomic E-state index is 0.0145. The van der Waals surface area contributed by atoms with E-state index in [1.807, 2.05) is 6.92 Å². The Morgan fingerprint density at radius 2 is 1.58 bits per heavy atom. The van der Waals surface area contributed by atoms with Crippen molar-refractivity contribution in [3.63, 3.8) is 0 Å². The number of carbonyl (C=O) groups excluding carboxylic acids is 2. The quantitative estimate of drug-likeness (QED) is 0.452. The molecule has 0 aromatic rings. The van der Waals surface area contributed by atoms with Crippen molar-refractivity contribution < 1.29 is 19.1 Å². The predicted molar refractivity (Wildman–Crippen MR) is 74.7 cm³/mol. The van der Waals surface area contributed by atoms with E-state index in [1.165, 1.54) is 14.2 Å². The standard InChI is InChI=1S/C15H28O4/c1-12(11-13(2)15(17)19-4)9-7-5-6-8-10-14(16)18-3/h12-13H,5-11H2,1-4H3. The SMILES string of the molecule is COC(=O)CCCCCCC(C)CC(C)C(=O)OC. The Labute approximate surface area is 116 Å². The molecule has 0 aromatic carbocycles. The molecule has 0 heterocycles. The second-order valence-corrected chi connectivity index (χ2v) is 5.29. The normalized spacial score (nSPS) is 13.7. The lowest BCUT2D eigenvalue weighted by molar-refractivity contribution is -0.145. The van der Waals surface area contributed by atoms with Crippen molar-refractivity contribution in [2.24, 2.45) is 11.8 Å². The first-order chi connectivity index (χ1) is 9.01. The second kappa shape index (κ2) is 10.8. The number of esters is 2. The third-order valence-corrected chi connectivity index (χ3v) is 3.41. The van der Waals surface area contributed by atoms with E-state index < -0.39 is 0 Å². The summed E-state index contributed by atoms with van der Waals surface area (Å²) < 4.78 is 9.31. The maximum absolute atomic E-state index is 11.3. The maximum Gasteiger partial charge on any atom is 0.308 e. The van der Waals surface area contributed by atoms with E-state index in [1.54, 1.807) is 0 Å². The monoisotopic (exact) mass is 272 g/mol. The van der Waals surface area contributed by atoms with Gasteiger partial charge in [-0.2, -0.15) is 0 Å². The van der Waals surface area contributed by atoms with E-state index in [2.05, 4.69) is 11.7 Å². The van der Waals surface area contributed by atoms with Crippen LogP contribution < -0.4 is 0 Å². The van der Waals surface area contributed by atoms with Crippen LogP contribution >= 0.6 is 0 Å². The number of carbonyl (C=O) groups is 2. The van der Waals surface area contributed by atoms with Crippen molar-refractivity contribution in [1.29, 1.82) is 0 Å². The molecule has 0 rings (SSSR count). The second-order valence-electron chi connectivity index (χ2n) is 5.29. The van der Waals surface area contributed by atoms with Gasteiger partial charge in [0.25, 0.3) is 0 Å². The molecule has 112 valence electrons. The summed E-state index contributed by atoms with van der Waals surface area (Å²) in [4.78, 5) is 22.2. The number of hydrogen-bond acceptors (Lipinski definition) is 4. The summed E-state index contributed by atoms with van der Waals surface area (Å²) in [5, 5.41) is 0. The molecule has 0 aliphatic heterocycles. The lowest BCUT2D eigenvalue weighted by atomic mass is 9.92. The Kier molecular flexibility index (Phi) is 10.2. The summed E-state index contributed by atoms with van der Waals surface area (Å²) in [5.41, 5.74) is 0. The largest absolute Gasteiger partial charge is 0.469 e. The molecular weight excluding hydrogens is 244 g/mol. The van der Waals surface area contributed by atoms with Gasteiger partial charge in [0, 0.05) is 6.42 Å². The van der Waals surface area contributed by atoms with Gasteiger partial charge < -0.3 is 9.47 Å². The average molecular weight is 272 g/mol. The van der Waals surface area contributed by atoms with E-state index in [-0.39, 0.29) is 17.9 Å². The van der Waals surface area contributed by atoms with Crippen LogP contribution in [0.4, 0.5) is 0 Å². The number of rotatable bonds is 10. The zero-order chi connectivity index (χ0) is 14.7. The van der Waals surface area contributed by atoms with E-state index in [9.17, 15) is 9.59 Å². The molecule has 0 aliphatic rings. The first kappa shape index (κ1) is 17.9. The molecular formula is C15H28O4. The Bertz CT molecular complexity index is 263. The Morgan fingerprint density at radius 1 is 0.947 bits per heavy atom. The van der Waals surface area contributed by atoms with Crippen LogP contribution in [0.3, 0.4) is 0 Å². The molecule has 4 heteroatoms. The highest BCUT2D eigenvalue weighted by Gasteiger charge is 2.16. The third-order valence-electron chi connectivity index (χ3n) is 3.41. The molecule has 0 aliphatic carbocycles. The summed E-state index contributed by atoms with van der Waals surface area (Å²) in [6, 6.07) is 0. The highest BCUT2D eigenvalue weighted by atomic mass is 16.5. The van der Waals surface area contributed by atoms with Gasteiger partial charge in [0.2, 0.25) is 0 Å². The fourth-order valence-electron chi connectivity index (χ4n) is 2.24. The van der Waals surface area contributed by atoms with E-state index in [0.29, 0.717) is 12.3 Å². The highest BCUT2D eigenvalue weighted by molar-refractivity contribution is 5.71. The highest BCUT2D eigenvalue weighted by Crippen LogP contribution is 2.19. The fourth-order valence-corrected chi connectivity index (χ4v) is 2.24. The van der Waals surface area contributed by atoms with Gasteiger partial charge in [-0.25, -0.2) is 0 Å². The van der Waals surface area contributed by atoms with Crippen molar-refractivity contribution in [2.75, 3.05) is 14.2 Å². The van der Waals surface area contributed by atoms with Gasteiger partial charge in [-0.15, -0.1) is 0 Å². The zero-order valence-electron chi connectivity index (χ0n) is 12.7. The Morgan fingerprint density at radius 3 is 2.16 bits per heavy atom. The molecule has 2 atom stereocenters. The van der Waals surface area contributed by atoms with E-state index in [4.69, 9.17) is 4.74 Å². The van der Waals surface area contributed by atoms with Gasteiger partial charge >= 0.3 is 11.9 Å². The topological polar surface area (TPSA) is 52.6 Å². The number of ether oxygens (including phenoxy) is 2. The third kappa shape index (κ3) is 9.51. The summed E-state index contributed by atoms with van der Waals surface area (Å²) in [5.74, 6) is 0.277. The van der Waals surface area contributed by atoms with Gasteiger partial charge in [0.05, 0.1) is 20.1 Å². The maximum atomic E-state index is 11.3. The molecule has 0 aromatic heterocycles. The van der Waals surface area contributed by atoms with Crippen LogP contribution in [0, 0.1) is 11.8 Å². The van der Waals surface area contributed by atoms with Crippen molar-refractivity contribution in [1.82, 2.24) is 0 Å². The molecule has 0 N–H and O–H groups in total. The molecule has 2 unspecified atom stereocenters. The van der Waals surface area contributed by atoms with Crippen molar-refractivity contribution >= 4 is 11.9 Å². The van der Waals surface area contributed by atoms with Crippen LogP contribution in [0.25, 0.3) is 0 Å². The van der Waals surface area contributed by atoms with Gasteiger partial charge in [0.1, 0.15) is 0 Å². The molecule has 0 bridgehead atoms. The summed E-state index contributed by atoms with van der Waals surface area (Å²) in [6.07, 6.45) is 6.78. The Balaban J connectivity index is 3.50. The molecule has 0 fully saturated rings. The first-order valence-corrected chi connectivity index (χ1v) is 7.15. The number of hydrogen-bond donors (Lipinski definition) is 0. The van der Waals surface area contributed by atoms with Crippen LogP contribution in [0.1, 0.15) is 58.8 Å². The molecule has 0 saturated heterocycles. The lowest BCUT2D eigenvalue weighted by Gasteiger charge is -2.15.